The van der Waals surface area contributed by atoms with Crippen LogP contribution in [-0.4, -0.2) is 42.3 Å². The van der Waals surface area contributed by atoms with Crippen molar-refractivity contribution in [3.63, 3.8) is 0 Å². The molecule has 0 spiro atoms. The Kier molecular flexibility index (Phi) is 3.99. The maximum atomic E-state index is 11.9. The third kappa shape index (κ3) is 2.89. The zero-order valence-corrected chi connectivity index (χ0v) is 14.5. The van der Waals surface area contributed by atoms with E-state index < -0.39 is 9.84 Å². The summed E-state index contributed by atoms with van der Waals surface area (Å²) in [6, 6.07) is 5.35. The van der Waals surface area contributed by atoms with E-state index in [0.717, 1.165) is 11.3 Å². The molecule has 3 rings (SSSR count). The Labute approximate surface area is 138 Å². The van der Waals surface area contributed by atoms with Crippen LogP contribution < -0.4 is 4.90 Å². The van der Waals surface area contributed by atoms with Crippen LogP contribution in [0.15, 0.2) is 23.2 Å². The van der Waals surface area contributed by atoms with Crippen LogP contribution in [0.4, 0.5) is 5.69 Å². The number of rotatable bonds is 1. The second kappa shape index (κ2) is 5.54. The summed E-state index contributed by atoms with van der Waals surface area (Å²) in [5, 5.41) is 1.06. The molecule has 2 saturated heterocycles. The Bertz CT molecular complexity index is 776. The maximum absolute atomic E-state index is 11.9. The molecule has 0 saturated carbocycles. The lowest BCUT2D eigenvalue weighted by Crippen LogP contribution is -2.37. The monoisotopic (exact) mass is 358 g/mol. The van der Waals surface area contributed by atoms with Crippen LogP contribution in [-0.2, 0) is 14.6 Å². The van der Waals surface area contributed by atoms with Gasteiger partial charge in [0.05, 0.1) is 17.5 Å². The van der Waals surface area contributed by atoms with Gasteiger partial charge in [0.15, 0.2) is 15.0 Å². The van der Waals surface area contributed by atoms with Gasteiger partial charge in [-0.1, -0.05) is 29.4 Å². The molecule has 2 atom stereocenters. The normalized spacial score (nSPS) is 28.1. The van der Waals surface area contributed by atoms with Gasteiger partial charge in [-0.15, -0.1) is 0 Å². The van der Waals surface area contributed by atoms with Crippen LogP contribution in [0.5, 0.6) is 0 Å². The number of fused-ring (bicyclic) bond motifs is 1. The highest BCUT2D eigenvalue weighted by atomic mass is 35.5. The van der Waals surface area contributed by atoms with Gasteiger partial charge in [-0.2, -0.15) is 4.99 Å². The molecular weight excluding hydrogens is 344 g/mol. The number of hydrogen-bond donors (Lipinski definition) is 0. The van der Waals surface area contributed by atoms with Crippen molar-refractivity contribution in [3.05, 3.63) is 28.8 Å². The topological polar surface area (TPSA) is 66.8 Å². The quantitative estimate of drug-likeness (QED) is 0.770. The highest BCUT2D eigenvalue weighted by Gasteiger charge is 2.49. The van der Waals surface area contributed by atoms with Gasteiger partial charge in [0.1, 0.15) is 0 Å². The molecule has 118 valence electrons. The maximum Gasteiger partial charge on any atom is 0.244 e. The number of sulfone groups is 1. The first kappa shape index (κ1) is 15.8. The fourth-order valence-electron chi connectivity index (χ4n) is 2.73. The van der Waals surface area contributed by atoms with Crippen LogP contribution in [0.2, 0.25) is 5.02 Å². The molecule has 2 aliphatic rings. The Morgan fingerprint density at radius 3 is 2.77 bits per heavy atom. The molecule has 5 nitrogen and oxygen atoms in total. The number of aryl methyl sites for hydroxylation is 1. The Balaban J connectivity index is 2.06. The summed E-state index contributed by atoms with van der Waals surface area (Å²) in [5.41, 5.74) is 1.71. The second-order valence-electron chi connectivity index (χ2n) is 5.52. The van der Waals surface area contributed by atoms with Gasteiger partial charge >= 0.3 is 0 Å². The van der Waals surface area contributed by atoms with Crippen molar-refractivity contribution in [2.45, 2.75) is 25.1 Å². The van der Waals surface area contributed by atoms with E-state index in [1.807, 2.05) is 24.0 Å². The van der Waals surface area contributed by atoms with E-state index in [1.54, 1.807) is 6.07 Å². The average Bonchev–Trinajstić information content (AvgIpc) is 2.83. The molecule has 0 bridgehead atoms. The molecule has 2 fully saturated rings. The summed E-state index contributed by atoms with van der Waals surface area (Å²) in [7, 11) is -3.05. The Hall–Kier alpha value is -1.05. The van der Waals surface area contributed by atoms with E-state index in [4.69, 9.17) is 11.6 Å². The summed E-state index contributed by atoms with van der Waals surface area (Å²) in [5.74, 6) is -0.101. The lowest BCUT2D eigenvalue weighted by molar-refractivity contribution is -0.115. The van der Waals surface area contributed by atoms with Gasteiger partial charge in [-0.05, 0) is 24.6 Å². The zero-order valence-electron chi connectivity index (χ0n) is 12.1. The lowest BCUT2D eigenvalue weighted by atomic mass is 10.1. The Morgan fingerprint density at radius 1 is 1.41 bits per heavy atom. The lowest BCUT2D eigenvalue weighted by Gasteiger charge is -2.24. The van der Waals surface area contributed by atoms with E-state index in [2.05, 4.69) is 4.99 Å². The molecule has 1 aromatic rings. The number of anilines is 1. The van der Waals surface area contributed by atoms with Crippen LogP contribution in [0.25, 0.3) is 0 Å². The molecule has 0 aromatic heterocycles. The number of amides is 1. The summed E-state index contributed by atoms with van der Waals surface area (Å²) >= 11 is 7.54. The average molecular weight is 359 g/mol. The number of halogens is 1. The predicted octanol–water partition coefficient (Wildman–Crippen LogP) is 2.27. The largest absolute Gasteiger partial charge is 0.316 e. The number of aliphatic imine (C=N–C) groups is 1. The van der Waals surface area contributed by atoms with Gasteiger partial charge in [-0.25, -0.2) is 8.42 Å². The van der Waals surface area contributed by atoms with Crippen molar-refractivity contribution in [2.75, 3.05) is 16.4 Å². The number of nitrogens with zero attached hydrogens (tertiary/aromatic N) is 2. The van der Waals surface area contributed by atoms with Gasteiger partial charge in [0.2, 0.25) is 5.91 Å². The summed E-state index contributed by atoms with van der Waals surface area (Å²) in [4.78, 5) is 17.3. The minimum absolute atomic E-state index is 0.0765. The van der Waals surface area contributed by atoms with E-state index >= 15 is 0 Å². The smallest absolute Gasteiger partial charge is 0.244 e. The molecule has 0 N–H and O–H groups in total. The first-order valence-corrected chi connectivity index (χ1v) is 9.86. The van der Waals surface area contributed by atoms with Gasteiger partial charge in [-0.3, -0.25) is 4.79 Å². The molecular formula is C14H15ClN2O3S2. The van der Waals surface area contributed by atoms with Gasteiger partial charge < -0.3 is 4.90 Å². The predicted molar refractivity (Wildman–Crippen MR) is 90.6 cm³/mol. The molecule has 0 unspecified atom stereocenters. The fraction of sp³-hybridized carbons (Fsp3) is 0.429. The summed E-state index contributed by atoms with van der Waals surface area (Å²) < 4.78 is 23.8. The third-order valence-corrected chi connectivity index (χ3v) is 7.37. The number of hydrogen-bond acceptors (Lipinski definition) is 4. The first-order chi connectivity index (χ1) is 10.3. The first-order valence-electron chi connectivity index (χ1n) is 6.78. The number of amidine groups is 1. The molecule has 0 aliphatic carbocycles. The van der Waals surface area contributed by atoms with Crippen molar-refractivity contribution in [2.24, 2.45) is 4.99 Å². The van der Waals surface area contributed by atoms with Crippen molar-refractivity contribution in [3.8, 4) is 0 Å². The standard InChI is InChI=1S/C14H15ClN2O3S2/c1-8-3-4-10(5-11(8)15)17-12-6-22(19,20)7-13(12)21-14(17)16-9(2)18/h3-5,12-13H,6-7H2,1-2H3/t12-,13+/m1/s1. The summed E-state index contributed by atoms with van der Waals surface area (Å²) in [6.07, 6.45) is 0. The van der Waals surface area contributed by atoms with Crippen molar-refractivity contribution in [1.29, 1.82) is 0 Å². The van der Waals surface area contributed by atoms with E-state index in [-0.39, 0.29) is 28.7 Å². The minimum atomic E-state index is -3.05. The second-order valence-corrected chi connectivity index (χ2v) is 9.28. The molecule has 0 radical (unpaired) electrons. The van der Waals surface area contributed by atoms with Crippen molar-refractivity contribution < 1.29 is 13.2 Å². The van der Waals surface area contributed by atoms with Gasteiger partial charge in [0, 0.05) is 22.9 Å². The SMILES string of the molecule is CC(=O)N=C1S[C@H]2CS(=O)(=O)C[C@H]2N1c1ccc(C)c(Cl)c1. The molecule has 2 heterocycles. The van der Waals surface area contributed by atoms with Crippen LogP contribution >= 0.6 is 23.4 Å². The number of thioether (sulfide) groups is 1. The number of carbonyl (C=O) groups is 1. The van der Waals surface area contributed by atoms with Crippen molar-refractivity contribution in [1.82, 2.24) is 0 Å². The molecule has 2 aliphatic heterocycles. The van der Waals surface area contributed by atoms with Crippen LogP contribution in [0.3, 0.4) is 0 Å². The van der Waals surface area contributed by atoms with E-state index in [0.29, 0.717) is 10.2 Å². The molecule has 1 aromatic carbocycles. The minimum Gasteiger partial charge on any atom is -0.316 e. The van der Waals surface area contributed by atoms with Gasteiger partial charge in [0.25, 0.3) is 0 Å². The number of carbonyl (C=O) groups excluding carboxylic acids is 1. The zero-order chi connectivity index (χ0) is 16.1. The highest BCUT2D eigenvalue weighted by Crippen LogP contribution is 2.41. The third-order valence-electron chi connectivity index (χ3n) is 3.75. The molecule has 1 amide bonds. The Morgan fingerprint density at radius 2 is 2.14 bits per heavy atom. The van der Waals surface area contributed by atoms with E-state index in [9.17, 15) is 13.2 Å². The fourth-order valence-corrected chi connectivity index (χ4v) is 6.87. The van der Waals surface area contributed by atoms with Crippen LogP contribution in [0, 0.1) is 6.92 Å². The molecule has 22 heavy (non-hydrogen) atoms. The van der Waals surface area contributed by atoms with E-state index in [1.165, 1.54) is 18.7 Å². The van der Waals surface area contributed by atoms with Crippen molar-refractivity contribution >= 4 is 50.0 Å². The highest BCUT2D eigenvalue weighted by molar-refractivity contribution is 8.16. The molecule has 8 heteroatoms. The van der Waals surface area contributed by atoms with Crippen LogP contribution in [0.1, 0.15) is 12.5 Å². The number of benzene rings is 1. The summed E-state index contributed by atoms with van der Waals surface area (Å²) in [6.45, 7) is 3.29.